The summed E-state index contributed by atoms with van der Waals surface area (Å²) < 4.78 is 1.80. The Morgan fingerprint density at radius 1 is 1.61 bits per heavy atom. The van der Waals surface area contributed by atoms with Crippen LogP contribution in [0, 0.1) is 6.92 Å². The van der Waals surface area contributed by atoms with Gasteiger partial charge in [0.05, 0.1) is 17.5 Å². The Hall–Kier alpha value is -1.69. The summed E-state index contributed by atoms with van der Waals surface area (Å²) in [5.74, 6) is -1.20. The van der Waals surface area contributed by atoms with E-state index in [0.29, 0.717) is 6.42 Å². The van der Waals surface area contributed by atoms with E-state index in [2.05, 4.69) is 10.1 Å². The molecule has 1 aliphatic carbocycles. The number of aryl methyl sites for hydroxylation is 2. The van der Waals surface area contributed by atoms with Gasteiger partial charge in [-0.3, -0.25) is 9.48 Å². The number of carbonyl (C=O) groups is 1. The van der Waals surface area contributed by atoms with Crippen LogP contribution >= 0.6 is 11.3 Å². The number of thiazole rings is 1. The van der Waals surface area contributed by atoms with Crippen LogP contribution in [0.5, 0.6) is 0 Å². The van der Waals surface area contributed by atoms with Gasteiger partial charge in [0.2, 0.25) is 0 Å². The van der Waals surface area contributed by atoms with Crippen molar-refractivity contribution in [1.82, 2.24) is 14.8 Å². The molecule has 6 heteroatoms. The van der Waals surface area contributed by atoms with Crippen molar-refractivity contribution < 1.29 is 9.90 Å². The maximum absolute atomic E-state index is 11.1. The highest BCUT2D eigenvalue weighted by atomic mass is 32.1. The summed E-state index contributed by atoms with van der Waals surface area (Å²) in [4.78, 5) is 16.8. The number of fused-ring (bicyclic) bond motifs is 1. The predicted molar refractivity (Wildman–Crippen MR) is 67.8 cm³/mol. The first kappa shape index (κ1) is 11.4. The molecule has 0 radical (unpaired) electrons. The largest absolute Gasteiger partial charge is 0.481 e. The number of hydrogen-bond donors (Lipinski definition) is 1. The first-order valence-electron chi connectivity index (χ1n) is 5.79. The number of hydrogen-bond acceptors (Lipinski definition) is 4. The van der Waals surface area contributed by atoms with E-state index in [9.17, 15) is 4.79 Å². The normalized spacial score (nSPS) is 18.0. The fraction of sp³-hybridized carbons (Fsp3) is 0.417. The molecule has 18 heavy (non-hydrogen) atoms. The standard InChI is InChI=1S/C12H13N3O2S/c1-6-8(5-13-15(6)2)11-14-10-7(12(16)17)3-4-9(10)18-11/h5,7H,3-4H2,1-2H3,(H,16,17). The molecule has 2 heterocycles. The van der Waals surface area contributed by atoms with Crippen molar-refractivity contribution in [3.63, 3.8) is 0 Å². The SMILES string of the molecule is Cc1c(-c2nc3c(s2)CCC3C(=O)O)cnn1C. The van der Waals surface area contributed by atoms with E-state index < -0.39 is 11.9 Å². The van der Waals surface area contributed by atoms with Crippen LogP contribution in [0.15, 0.2) is 6.20 Å². The molecular weight excluding hydrogens is 250 g/mol. The number of carboxylic acid groups (broad SMARTS) is 1. The third-order valence-corrected chi connectivity index (χ3v) is 4.65. The zero-order chi connectivity index (χ0) is 12.9. The van der Waals surface area contributed by atoms with Crippen LogP contribution in [0.4, 0.5) is 0 Å². The van der Waals surface area contributed by atoms with Crippen molar-refractivity contribution in [2.24, 2.45) is 7.05 Å². The zero-order valence-corrected chi connectivity index (χ0v) is 11.0. The molecule has 1 unspecified atom stereocenters. The van der Waals surface area contributed by atoms with Crippen LogP contribution in [0.1, 0.15) is 28.6 Å². The summed E-state index contributed by atoms with van der Waals surface area (Å²) in [5.41, 5.74) is 2.81. The molecule has 2 aromatic rings. The Balaban J connectivity index is 2.05. The van der Waals surface area contributed by atoms with Gasteiger partial charge in [-0.25, -0.2) is 4.98 Å². The highest BCUT2D eigenvalue weighted by Crippen LogP contribution is 2.40. The third kappa shape index (κ3) is 1.56. The number of aromatic nitrogens is 3. The molecule has 0 aliphatic heterocycles. The lowest BCUT2D eigenvalue weighted by molar-refractivity contribution is -0.138. The van der Waals surface area contributed by atoms with Gasteiger partial charge in [-0.15, -0.1) is 11.3 Å². The van der Waals surface area contributed by atoms with Crippen LogP contribution < -0.4 is 0 Å². The molecule has 1 atom stereocenters. The van der Waals surface area contributed by atoms with Gasteiger partial charge in [-0.05, 0) is 19.8 Å². The first-order chi connectivity index (χ1) is 8.58. The lowest BCUT2D eigenvalue weighted by Crippen LogP contribution is -2.08. The molecule has 94 valence electrons. The minimum absolute atomic E-state index is 0.429. The first-order valence-corrected chi connectivity index (χ1v) is 6.61. The molecule has 0 fully saturated rings. The maximum atomic E-state index is 11.1. The number of rotatable bonds is 2. The second-order valence-corrected chi connectivity index (χ2v) is 5.61. The molecule has 0 saturated carbocycles. The van der Waals surface area contributed by atoms with E-state index in [-0.39, 0.29) is 0 Å². The van der Waals surface area contributed by atoms with E-state index in [1.54, 1.807) is 22.2 Å². The molecule has 0 saturated heterocycles. The Morgan fingerprint density at radius 2 is 2.39 bits per heavy atom. The van der Waals surface area contributed by atoms with Crippen molar-refractivity contribution in [2.75, 3.05) is 0 Å². The fourth-order valence-electron chi connectivity index (χ4n) is 2.29. The van der Waals surface area contributed by atoms with E-state index in [0.717, 1.165) is 33.3 Å². The molecule has 5 nitrogen and oxygen atoms in total. The van der Waals surface area contributed by atoms with Gasteiger partial charge >= 0.3 is 5.97 Å². The average Bonchev–Trinajstić information content (AvgIpc) is 2.94. The van der Waals surface area contributed by atoms with Gasteiger partial charge in [0.15, 0.2) is 0 Å². The van der Waals surface area contributed by atoms with Gasteiger partial charge in [0, 0.05) is 17.6 Å². The highest BCUT2D eigenvalue weighted by molar-refractivity contribution is 7.15. The number of nitrogens with zero attached hydrogens (tertiary/aromatic N) is 3. The summed E-state index contributed by atoms with van der Waals surface area (Å²) in [7, 11) is 1.89. The second kappa shape index (κ2) is 3.91. The molecule has 0 amide bonds. The van der Waals surface area contributed by atoms with Crippen molar-refractivity contribution in [3.8, 4) is 10.6 Å². The molecule has 0 bridgehead atoms. The topological polar surface area (TPSA) is 68.0 Å². The van der Waals surface area contributed by atoms with Gasteiger partial charge in [0.25, 0.3) is 0 Å². The van der Waals surface area contributed by atoms with Gasteiger partial charge in [0.1, 0.15) is 10.9 Å². The van der Waals surface area contributed by atoms with Crippen LogP contribution in [0.2, 0.25) is 0 Å². The maximum Gasteiger partial charge on any atom is 0.312 e. The molecule has 1 N–H and O–H groups in total. The van der Waals surface area contributed by atoms with Crippen LogP contribution in [0.3, 0.4) is 0 Å². The summed E-state index contributed by atoms with van der Waals surface area (Å²) in [6.45, 7) is 1.99. The monoisotopic (exact) mass is 263 g/mol. The van der Waals surface area contributed by atoms with E-state index >= 15 is 0 Å². The highest BCUT2D eigenvalue weighted by Gasteiger charge is 2.32. The smallest absolute Gasteiger partial charge is 0.312 e. The van der Waals surface area contributed by atoms with Gasteiger partial charge < -0.3 is 5.11 Å². The number of carboxylic acids is 1. The second-order valence-electron chi connectivity index (χ2n) is 4.52. The van der Waals surface area contributed by atoms with Gasteiger partial charge in [-0.1, -0.05) is 0 Å². The fourth-order valence-corrected chi connectivity index (χ4v) is 3.49. The predicted octanol–water partition coefficient (Wildman–Crippen LogP) is 1.97. The molecule has 3 rings (SSSR count). The van der Waals surface area contributed by atoms with Crippen LogP contribution in [-0.2, 0) is 18.3 Å². The molecular formula is C12H13N3O2S. The Morgan fingerprint density at radius 3 is 3.00 bits per heavy atom. The lowest BCUT2D eigenvalue weighted by atomic mass is 10.1. The minimum Gasteiger partial charge on any atom is -0.481 e. The molecule has 0 aromatic carbocycles. The van der Waals surface area contributed by atoms with Gasteiger partial charge in [-0.2, -0.15) is 5.10 Å². The third-order valence-electron chi connectivity index (χ3n) is 3.48. The summed E-state index contributed by atoms with van der Waals surface area (Å²) in [6, 6.07) is 0. The Labute approximate surface area is 108 Å². The van der Waals surface area contributed by atoms with Crippen molar-refractivity contribution in [1.29, 1.82) is 0 Å². The van der Waals surface area contributed by atoms with Crippen LogP contribution in [-0.4, -0.2) is 25.8 Å². The van der Waals surface area contributed by atoms with Crippen molar-refractivity contribution in [3.05, 3.63) is 22.5 Å². The molecule has 1 aliphatic rings. The summed E-state index contributed by atoms with van der Waals surface area (Å²) in [6.07, 6.45) is 3.29. The Bertz CT molecular complexity index is 629. The van der Waals surface area contributed by atoms with Crippen molar-refractivity contribution in [2.45, 2.75) is 25.7 Å². The summed E-state index contributed by atoms with van der Waals surface area (Å²) >= 11 is 1.60. The zero-order valence-electron chi connectivity index (χ0n) is 10.2. The number of aliphatic carboxylic acids is 1. The Kier molecular flexibility index (Phi) is 2.48. The molecule has 2 aromatic heterocycles. The van der Waals surface area contributed by atoms with E-state index in [4.69, 9.17) is 5.11 Å². The minimum atomic E-state index is -0.770. The quantitative estimate of drug-likeness (QED) is 0.899. The molecule has 0 spiro atoms. The average molecular weight is 263 g/mol. The lowest BCUT2D eigenvalue weighted by Gasteiger charge is -2.01. The van der Waals surface area contributed by atoms with E-state index in [1.807, 2.05) is 14.0 Å². The van der Waals surface area contributed by atoms with Crippen molar-refractivity contribution >= 4 is 17.3 Å². The van der Waals surface area contributed by atoms with Crippen LogP contribution in [0.25, 0.3) is 10.6 Å². The van der Waals surface area contributed by atoms with E-state index in [1.165, 1.54) is 0 Å². The summed E-state index contributed by atoms with van der Waals surface area (Å²) in [5, 5.41) is 14.2.